The van der Waals surface area contributed by atoms with Crippen molar-refractivity contribution in [1.29, 1.82) is 0 Å². The van der Waals surface area contributed by atoms with Crippen LogP contribution in [0.3, 0.4) is 0 Å². The summed E-state index contributed by atoms with van der Waals surface area (Å²) in [5.74, 6) is 32.1. The molecule has 0 saturated heterocycles. The first-order valence-corrected chi connectivity index (χ1v) is 17.6. The number of unbranched alkanes of at least 4 members (excludes halogenated alkanes) is 12. The van der Waals surface area contributed by atoms with Crippen LogP contribution >= 0.6 is 20.5 Å². The van der Waals surface area contributed by atoms with Gasteiger partial charge in [-0.05, 0) is 84.4 Å². The molecule has 0 fully saturated rings. The van der Waals surface area contributed by atoms with Gasteiger partial charge in [0, 0.05) is 37.8 Å². The Kier molecular flexibility index (Phi) is 45.4. The van der Waals surface area contributed by atoms with Crippen molar-refractivity contribution >= 4 is 37.5 Å². The molecule has 0 N–H and O–H groups in total. The van der Waals surface area contributed by atoms with Gasteiger partial charge in [-0.15, -0.1) is 12.6 Å². The van der Waals surface area contributed by atoms with Crippen LogP contribution in [0.5, 0.6) is 0 Å². The Labute approximate surface area is 368 Å². The van der Waals surface area contributed by atoms with E-state index in [0.29, 0.717) is 6.42 Å². The summed E-state index contributed by atoms with van der Waals surface area (Å²) in [6.45, 7) is 3.93. The summed E-state index contributed by atoms with van der Waals surface area (Å²) in [5.41, 5.74) is 0. The van der Waals surface area contributed by atoms with Gasteiger partial charge < -0.3 is 28.3 Å². The molecule has 0 rings (SSSR count). The number of rotatable bonds is 20. The molecule has 0 aliphatic carbocycles. The fourth-order valence-corrected chi connectivity index (χ4v) is 3.83. The van der Waals surface area contributed by atoms with E-state index in [9.17, 15) is 28.7 Å². The quantitative estimate of drug-likeness (QED) is 0.0371. The number of ether oxygens (including phenoxy) is 2. The molecule has 0 saturated carbocycles. The van der Waals surface area contributed by atoms with Crippen molar-refractivity contribution in [1.82, 2.24) is 0 Å². The zero-order valence-electron chi connectivity index (χ0n) is 30.0. The van der Waals surface area contributed by atoms with Gasteiger partial charge in [0.15, 0.2) is 11.2 Å². The van der Waals surface area contributed by atoms with E-state index >= 15 is 0 Å². The topological polar surface area (TPSA) is 142 Å². The standard InChI is InChI=1S/C35H41O8P.C2H4OS.2Na.13H2/c1-3-5-7-9-11-13-15-17-19-21-23-25-27-29-34(36)41-31-33(32-42-44(38,39)40)43-35(37)30-28-26-24-22-20-18-16-14-12-10-8-6-4-2;1-2(3)4;;;;;;;;;;;;;;;/h33H,4,6,8,10,12,14,16,18,20,22,24,26,28,30-32H2,1-2H3,(H2,38,39,40);1H3,(H,3,4);;;13*1H/q;;2*+1;;;;;;;;;;;;;/p-2/t33-;;;;;;;;;;;;;;;;/m1................/s1. The predicted molar refractivity (Wildman–Crippen MR) is 212 cm³/mol. The Morgan fingerprint density at radius 3 is 1.46 bits per heavy atom. The van der Waals surface area contributed by atoms with Crippen LogP contribution in [0.15, 0.2) is 0 Å². The molecular formula is C37H69Na2O9PS. The van der Waals surface area contributed by atoms with Crippen LogP contribution in [-0.4, -0.2) is 36.4 Å². The molecule has 13 heteroatoms. The van der Waals surface area contributed by atoms with Crippen molar-refractivity contribution in [2.75, 3.05) is 13.2 Å². The number of esters is 2. The molecule has 0 aromatic heterocycles. The number of hydrogen-bond donors (Lipinski definition) is 1. The van der Waals surface area contributed by atoms with Crippen molar-refractivity contribution in [2.24, 2.45) is 0 Å². The molecule has 0 aromatic carbocycles. The van der Waals surface area contributed by atoms with Gasteiger partial charge in [-0.3, -0.25) is 9.59 Å². The first-order valence-electron chi connectivity index (χ1n) is 15.7. The van der Waals surface area contributed by atoms with Crippen LogP contribution in [0.4, 0.5) is 0 Å². The van der Waals surface area contributed by atoms with Gasteiger partial charge in [0.2, 0.25) is 0 Å². The van der Waals surface area contributed by atoms with E-state index in [0.717, 1.165) is 19.3 Å². The van der Waals surface area contributed by atoms with Crippen LogP contribution < -0.4 is 68.9 Å². The second kappa shape index (κ2) is 41.4. The Morgan fingerprint density at radius 1 is 0.680 bits per heavy atom. The first kappa shape index (κ1) is 54.8. The second-order valence-corrected chi connectivity index (χ2v) is 11.6. The zero-order chi connectivity index (χ0) is 36.1. The molecule has 284 valence electrons. The van der Waals surface area contributed by atoms with Gasteiger partial charge in [-0.2, -0.15) is 0 Å². The van der Waals surface area contributed by atoms with Crippen LogP contribution in [0.2, 0.25) is 0 Å². The van der Waals surface area contributed by atoms with E-state index in [-0.39, 0.29) is 89.2 Å². The van der Waals surface area contributed by atoms with Crippen LogP contribution in [0.25, 0.3) is 0 Å². The van der Waals surface area contributed by atoms with Gasteiger partial charge in [-0.25, -0.2) is 4.79 Å². The normalized spacial score (nSPS) is 9.16. The van der Waals surface area contributed by atoms with Gasteiger partial charge in [0.05, 0.1) is 14.4 Å². The molecular weight excluding hydrogens is 697 g/mol. The largest absolute Gasteiger partial charge is 1.00 e. The summed E-state index contributed by atoms with van der Waals surface area (Å²) in [6, 6.07) is 0. The van der Waals surface area contributed by atoms with Gasteiger partial charge in [0.25, 0.3) is 0 Å². The van der Waals surface area contributed by atoms with Crippen LogP contribution in [-0.2, 0) is 32.9 Å². The molecule has 0 bridgehead atoms. The maximum Gasteiger partial charge on any atom is 1.00 e. The number of carbonyl (C=O) groups is 3. The minimum Gasteiger partial charge on any atom is -0.790 e. The Balaban J connectivity index is -0.0000000710. The van der Waals surface area contributed by atoms with Gasteiger partial charge in [-0.1, -0.05) is 89.9 Å². The van der Waals surface area contributed by atoms with Crippen molar-refractivity contribution in [3.8, 4) is 82.9 Å². The molecule has 0 spiro atoms. The smallest absolute Gasteiger partial charge is 0.790 e. The van der Waals surface area contributed by atoms with E-state index < -0.39 is 39.1 Å². The minimum atomic E-state index is -5.32. The first-order chi connectivity index (χ1) is 23.0. The Hall–Kier alpha value is -2.01. The van der Waals surface area contributed by atoms with Crippen molar-refractivity contribution in [3.05, 3.63) is 0 Å². The van der Waals surface area contributed by atoms with E-state index in [4.69, 9.17) is 9.47 Å². The number of carbonyl (C=O) groups excluding carboxylic acids is 3. The summed E-state index contributed by atoms with van der Waals surface area (Å²) in [6.07, 6.45) is 13.9. The molecule has 9 nitrogen and oxygen atoms in total. The minimum absolute atomic E-state index is 0. The summed E-state index contributed by atoms with van der Waals surface area (Å²) < 4.78 is 25.1. The third kappa shape index (κ3) is 50.4. The number of thiol groups is 1. The summed E-state index contributed by atoms with van der Waals surface area (Å²) >= 11 is 3.33. The van der Waals surface area contributed by atoms with E-state index in [1.807, 2.05) is 0 Å². The van der Waals surface area contributed by atoms with Crippen molar-refractivity contribution < 1.29 is 120 Å². The van der Waals surface area contributed by atoms with Crippen LogP contribution in [0, 0.1) is 82.9 Å². The van der Waals surface area contributed by atoms with E-state index in [2.05, 4.69) is 107 Å². The monoisotopic (exact) mass is 766 g/mol. The molecule has 0 heterocycles. The molecule has 0 amide bonds. The molecule has 0 aromatic rings. The molecule has 1 atom stereocenters. The third-order valence-electron chi connectivity index (χ3n) is 5.58. The maximum atomic E-state index is 12.2. The van der Waals surface area contributed by atoms with Crippen molar-refractivity contribution in [2.45, 2.75) is 117 Å². The SMILES string of the molecule is CC#CC#CC#CC#CC#CC#CC#CC(=O)OC[C@H](COP(=O)([O-])[O-])OC(=O)CCCCCCCCCCCCCCC.CC(=O)S.[HH].[HH].[HH].[HH].[HH].[HH].[HH].[HH].[HH].[HH].[HH].[HH].[HH].[Na+].[Na+]. The summed E-state index contributed by atoms with van der Waals surface area (Å²) in [4.78, 5) is 55.0. The molecule has 0 aliphatic heterocycles. The second-order valence-electron chi connectivity index (χ2n) is 9.84. The third-order valence-corrected chi connectivity index (χ3v) is 6.04. The van der Waals surface area contributed by atoms with Gasteiger partial charge in [0.1, 0.15) is 6.61 Å². The average molecular weight is 767 g/mol. The molecule has 0 aliphatic rings. The average Bonchev–Trinajstić information content (AvgIpc) is 3.02. The number of phosphoric acid groups is 1. The fraction of sp³-hybridized carbons (Fsp3) is 0.541. The molecule has 0 unspecified atom stereocenters. The maximum absolute atomic E-state index is 12.2. The fourth-order valence-electron chi connectivity index (χ4n) is 3.48. The van der Waals surface area contributed by atoms with E-state index in [1.54, 1.807) is 6.92 Å². The van der Waals surface area contributed by atoms with Crippen LogP contribution in [0.1, 0.15) is 129 Å². The Morgan fingerprint density at radius 2 is 1.06 bits per heavy atom. The number of hydrogen-bond acceptors (Lipinski definition) is 9. The predicted octanol–water partition coefficient (Wildman–Crippen LogP) is 1.48. The Bertz CT molecular complexity index is 1520. The molecule has 50 heavy (non-hydrogen) atoms. The van der Waals surface area contributed by atoms with Gasteiger partial charge >= 0.3 is 71.1 Å². The molecule has 0 radical (unpaired) electrons. The van der Waals surface area contributed by atoms with E-state index in [1.165, 1.54) is 64.7 Å². The van der Waals surface area contributed by atoms with Crippen molar-refractivity contribution in [3.63, 3.8) is 0 Å². The number of phosphoric ester groups is 1. The summed E-state index contributed by atoms with van der Waals surface area (Å²) in [5, 5.41) is -0.139. The zero-order valence-corrected chi connectivity index (χ0v) is 35.7. The summed E-state index contributed by atoms with van der Waals surface area (Å²) in [7, 11) is -5.32.